The Morgan fingerprint density at radius 3 is 2.75 bits per heavy atom. The maximum absolute atomic E-state index is 12.4. The summed E-state index contributed by atoms with van der Waals surface area (Å²) in [5.41, 5.74) is 1.04. The van der Waals surface area contributed by atoms with Crippen LogP contribution in [0.1, 0.15) is 37.7 Å². The van der Waals surface area contributed by atoms with E-state index in [2.05, 4.69) is 10.1 Å². The monoisotopic (exact) mass is 337 g/mol. The molecular weight excluding hydrogens is 312 g/mol. The molecule has 0 aromatic heterocycles. The van der Waals surface area contributed by atoms with E-state index in [0.29, 0.717) is 11.8 Å². The smallest absolute Gasteiger partial charge is 0.387 e. The van der Waals surface area contributed by atoms with Gasteiger partial charge in [0.25, 0.3) is 0 Å². The van der Waals surface area contributed by atoms with E-state index in [0.717, 1.165) is 35.8 Å². The summed E-state index contributed by atoms with van der Waals surface area (Å²) in [5.74, 6) is 4.15. The van der Waals surface area contributed by atoms with Crippen LogP contribution in [0.5, 0.6) is 11.5 Å². The number of rotatable bonds is 6. The van der Waals surface area contributed by atoms with E-state index in [4.69, 9.17) is 4.74 Å². The third-order valence-electron chi connectivity index (χ3n) is 6.44. The van der Waals surface area contributed by atoms with Crippen molar-refractivity contribution in [2.45, 2.75) is 51.3 Å². The minimum atomic E-state index is -2.84. The van der Waals surface area contributed by atoms with E-state index in [-0.39, 0.29) is 5.75 Å². The maximum atomic E-state index is 12.4. The van der Waals surface area contributed by atoms with Crippen molar-refractivity contribution in [3.63, 3.8) is 0 Å². The molecule has 1 aromatic rings. The minimum Gasteiger partial charge on any atom is -0.493 e. The van der Waals surface area contributed by atoms with E-state index in [1.54, 1.807) is 12.1 Å². The van der Waals surface area contributed by atoms with Crippen LogP contribution in [0.4, 0.5) is 8.78 Å². The SMILES string of the molecule is COc1cc(CN[C@@H]2C[C@H]3C[C@H]2[C@H]2CCC[C@H]32)ccc1OC(F)F. The van der Waals surface area contributed by atoms with Crippen molar-refractivity contribution in [1.82, 2.24) is 5.32 Å². The van der Waals surface area contributed by atoms with Gasteiger partial charge < -0.3 is 14.8 Å². The molecule has 3 saturated carbocycles. The van der Waals surface area contributed by atoms with E-state index >= 15 is 0 Å². The lowest BCUT2D eigenvalue weighted by atomic mass is 9.79. The van der Waals surface area contributed by atoms with E-state index in [9.17, 15) is 8.78 Å². The first-order valence-corrected chi connectivity index (χ1v) is 9.01. The Morgan fingerprint density at radius 2 is 1.96 bits per heavy atom. The van der Waals surface area contributed by atoms with Gasteiger partial charge >= 0.3 is 6.61 Å². The van der Waals surface area contributed by atoms with Crippen LogP contribution < -0.4 is 14.8 Å². The number of methoxy groups -OCH3 is 1. The fraction of sp³-hybridized carbons (Fsp3) is 0.684. The molecule has 0 radical (unpaired) electrons. The summed E-state index contributed by atoms with van der Waals surface area (Å²) >= 11 is 0. The van der Waals surface area contributed by atoms with Crippen LogP contribution in [-0.4, -0.2) is 19.8 Å². The van der Waals surface area contributed by atoms with Crippen molar-refractivity contribution in [2.75, 3.05) is 7.11 Å². The zero-order chi connectivity index (χ0) is 16.7. The van der Waals surface area contributed by atoms with Gasteiger partial charge in [-0.2, -0.15) is 8.78 Å². The number of fused-ring (bicyclic) bond motifs is 5. The van der Waals surface area contributed by atoms with E-state index < -0.39 is 6.61 Å². The Labute approximate surface area is 141 Å². The zero-order valence-corrected chi connectivity index (χ0v) is 14.0. The van der Waals surface area contributed by atoms with Crippen LogP contribution >= 0.6 is 0 Å². The highest BCUT2D eigenvalue weighted by Crippen LogP contribution is 2.58. The van der Waals surface area contributed by atoms with Gasteiger partial charge in [0.2, 0.25) is 0 Å². The zero-order valence-electron chi connectivity index (χ0n) is 14.0. The number of hydrogen-bond acceptors (Lipinski definition) is 3. The molecule has 0 spiro atoms. The van der Waals surface area contributed by atoms with Crippen LogP contribution in [0.25, 0.3) is 0 Å². The van der Waals surface area contributed by atoms with Crippen molar-refractivity contribution in [3.8, 4) is 11.5 Å². The summed E-state index contributed by atoms with van der Waals surface area (Å²) in [6, 6.07) is 5.79. The van der Waals surface area contributed by atoms with Crippen molar-refractivity contribution < 1.29 is 18.3 Å². The first-order chi connectivity index (χ1) is 11.7. The molecule has 24 heavy (non-hydrogen) atoms. The van der Waals surface area contributed by atoms with Gasteiger partial charge in [0.15, 0.2) is 11.5 Å². The summed E-state index contributed by atoms with van der Waals surface area (Å²) in [4.78, 5) is 0. The molecule has 2 bridgehead atoms. The molecule has 3 nitrogen and oxygen atoms in total. The highest BCUT2D eigenvalue weighted by molar-refractivity contribution is 5.43. The summed E-state index contributed by atoms with van der Waals surface area (Å²) in [7, 11) is 1.47. The predicted molar refractivity (Wildman–Crippen MR) is 87.3 cm³/mol. The third kappa shape index (κ3) is 2.87. The Kier molecular flexibility index (Phi) is 4.37. The van der Waals surface area contributed by atoms with Gasteiger partial charge in [0.1, 0.15) is 0 Å². The van der Waals surface area contributed by atoms with Gasteiger partial charge in [-0.15, -0.1) is 0 Å². The summed E-state index contributed by atoms with van der Waals surface area (Å²) in [6.45, 7) is -2.09. The van der Waals surface area contributed by atoms with Crippen LogP contribution in [0.2, 0.25) is 0 Å². The quantitative estimate of drug-likeness (QED) is 0.843. The molecule has 3 aliphatic rings. The molecule has 5 heteroatoms. The minimum absolute atomic E-state index is 0.0879. The largest absolute Gasteiger partial charge is 0.493 e. The Morgan fingerprint density at radius 1 is 1.12 bits per heavy atom. The second-order valence-electron chi connectivity index (χ2n) is 7.51. The highest BCUT2D eigenvalue weighted by Gasteiger charge is 2.53. The Hall–Kier alpha value is -1.36. The van der Waals surface area contributed by atoms with Crippen molar-refractivity contribution in [2.24, 2.45) is 23.7 Å². The van der Waals surface area contributed by atoms with E-state index in [1.807, 2.05) is 6.07 Å². The maximum Gasteiger partial charge on any atom is 0.387 e. The number of ether oxygens (including phenoxy) is 2. The Bertz CT molecular complexity index is 595. The molecule has 4 rings (SSSR count). The summed E-state index contributed by atoms with van der Waals surface area (Å²) in [6.07, 6.45) is 6.98. The average molecular weight is 337 g/mol. The fourth-order valence-electron chi connectivity index (χ4n) is 5.57. The number of hydrogen-bond donors (Lipinski definition) is 1. The van der Waals surface area contributed by atoms with Crippen molar-refractivity contribution in [3.05, 3.63) is 23.8 Å². The molecule has 5 atom stereocenters. The van der Waals surface area contributed by atoms with Gasteiger partial charge in [-0.25, -0.2) is 0 Å². The number of nitrogens with one attached hydrogen (secondary N) is 1. The topological polar surface area (TPSA) is 30.5 Å². The molecule has 3 fully saturated rings. The fourth-order valence-corrected chi connectivity index (χ4v) is 5.57. The average Bonchev–Trinajstić information content (AvgIpc) is 3.26. The molecule has 0 amide bonds. The lowest BCUT2D eigenvalue weighted by Gasteiger charge is -2.32. The van der Waals surface area contributed by atoms with Crippen LogP contribution in [-0.2, 0) is 6.54 Å². The predicted octanol–water partition coefficient (Wildman–Crippen LogP) is 4.21. The first-order valence-electron chi connectivity index (χ1n) is 9.01. The van der Waals surface area contributed by atoms with Gasteiger partial charge in [-0.05, 0) is 67.1 Å². The highest BCUT2D eigenvalue weighted by atomic mass is 19.3. The van der Waals surface area contributed by atoms with Gasteiger partial charge in [-0.1, -0.05) is 12.5 Å². The molecule has 0 aliphatic heterocycles. The number of halogens is 2. The second-order valence-corrected chi connectivity index (χ2v) is 7.51. The first kappa shape index (κ1) is 16.1. The molecular formula is C19H25F2NO2. The lowest BCUT2D eigenvalue weighted by molar-refractivity contribution is -0.0512. The number of alkyl halides is 2. The number of benzene rings is 1. The molecule has 1 N–H and O–H groups in total. The van der Waals surface area contributed by atoms with Gasteiger partial charge in [0, 0.05) is 12.6 Å². The molecule has 0 heterocycles. The lowest BCUT2D eigenvalue weighted by Crippen LogP contribution is -2.38. The standard InChI is InChI=1S/C19H25F2NO2/c1-23-18-7-11(5-6-17(18)24-19(20)21)10-22-16-9-12-8-15(16)14-4-2-3-13(12)14/h5-7,12-16,19,22H,2-4,8-10H2,1H3/t12-,13-,14+,15+,16-/m1/s1. The van der Waals surface area contributed by atoms with E-state index in [1.165, 1.54) is 39.2 Å². The molecule has 3 aliphatic carbocycles. The van der Waals surface area contributed by atoms with Crippen LogP contribution in [0.15, 0.2) is 18.2 Å². The molecule has 0 saturated heterocycles. The van der Waals surface area contributed by atoms with Crippen LogP contribution in [0, 0.1) is 23.7 Å². The van der Waals surface area contributed by atoms with Gasteiger partial charge in [-0.3, -0.25) is 0 Å². The van der Waals surface area contributed by atoms with Gasteiger partial charge in [0.05, 0.1) is 7.11 Å². The molecule has 1 aromatic carbocycles. The third-order valence-corrected chi connectivity index (χ3v) is 6.44. The normalized spacial score (nSPS) is 33.9. The Balaban J connectivity index is 1.38. The molecule has 132 valence electrons. The summed E-state index contributed by atoms with van der Waals surface area (Å²) in [5, 5.41) is 3.71. The molecule has 0 unspecified atom stereocenters. The van der Waals surface area contributed by atoms with Crippen molar-refractivity contribution >= 4 is 0 Å². The van der Waals surface area contributed by atoms with Crippen LogP contribution in [0.3, 0.4) is 0 Å². The van der Waals surface area contributed by atoms with Crippen molar-refractivity contribution in [1.29, 1.82) is 0 Å². The summed E-state index contributed by atoms with van der Waals surface area (Å²) < 4.78 is 34.4. The second kappa shape index (κ2) is 6.51.